The molecule has 0 saturated heterocycles. The molecule has 0 unspecified atom stereocenters. The number of hydrogen-bond acceptors (Lipinski definition) is 4. The molecule has 0 atom stereocenters. The van der Waals surface area contributed by atoms with E-state index in [0.29, 0.717) is 0 Å². The first-order chi connectivity index (χ1) is 5.11. The molecule has 0 rings (SSSR count). The zero-order valence-corrected chi connectivity index (χ0v) is 6.00. The smallest absolute Gasteiger partial charge is 0.342 e. The van der Waals surface area contributed by atoms with Crippen molar-refractivity contribution in [2.45, 2.75) is 0 Å². The number of ether oxygens (including phenoxy) is 1. The van der Waals surface area contributed by atoms with Gasteiger partial charge in [0.15, 0.2) is 0 Å². The fourth-order valence-corrected chi connectivity index (χ4v) is 0.289. The molecule has 0 heterocycles. The molecular formula is C7H9NO3. The van der Waals surface area contributed by atoms with Gasteiger partial charge in [0.1, 0.15) is 0 Å². The highest BCUT2D eigenvalue weighted by Crippen LogP contribution is 1.92. The summed E-state index contributed by atoms with van der Waals surface area (Å²) in [6.07, 6.45) is 0.891. The predicted molar refractivity (Wildman–Crippen MR) is 39.5 cm³/mol. The first-order valence-corrected chi connectivity index (χ1v) is 2.88. The molecule has 11 heavy (non-hydrogen) atoms. The van der Waals surface area contributed by atoms with E-state index in [4.69, 9.17) is 5.73 Å². The normalized spacial score (nSPS) is 8.45. The summed E-state index contributed by atoms with van der Waals surface area (Å²) in [5.41, 5.74) is 5.11. The zero-order chi connectivity index (χ0) is 8.85. The topological polar surface area (TPSA) is 69.4 Å². The highest BCUT2D eigenvalue weighted by Gasteiger charge is 2.09. The van der Waals surface area contributed by atoms with E-state index < -0.39 is 11.9 Å². The lowest BCUT2D eigenvalue weighted by Gasteiger charge is -1.98. The Bertz CT molecular complexity index is 208. The summed E-state index contributed by atoms with van der Waals surface area (Å²) in [6.45, 7) is 6.36. The fourth-order valence-electron chi connectivity index (χ4n) is 0.289. The Kier molecular flexibility index (Phi) is 3.84. The summed E-state index contributed by atoms with van der Waals surface area (Å²) >= 11 is 0. The number of carbonyl (C=O) groups is 2. The maximum atomic E-state index is 10.7. The largest absolute Gasteiger partial charge is 0.386 e. The Morgan fingerprint density at radius 3 is 2.45 bits per heavy atom. The van der Waals surface area contributed by atoms with Crippen molar-refractivity contribution in [3.63, 3.8) is 0 Å². The molecule has 0 amide bonds. The molecule has 4 heteroatoms. The monoisotopic (exact) mass is 155 g/mol. The van der Waals surface area contributed by atoms with Crippen LogP contribution in [0.3, 0.4) is 0 Å². The maximum Gasteiger partial charge on any atom is 0.342 e. The second-order valence-electron chi connectivity index (χ2n) is 1.72. The van der Waals surface area contributed by atoms with Crippen molar-refractivity contribution in [1.29, 1.82) is 0 Å². The number of nitrogens with two attached hydrogens (primary N) is 1. The lowest BCUT2D eigenvalue weighted by Crippen LogP contribution is -2.17. The minimum absolute atomic E-state index is 0.0245. The summed E-state index contributed by atoms with van der Waals surface area (Å²) < 4.78 is 4.18. The molecule has 0 saturated carbocycles. The molecule has 0 bridgehead atoms. The molecule has 0 aromatic rings. The van der Waals surface area contributed by atoms with Gasteiger partial charge in [0, 0.05) is 18.2 Å². The molecule has 0 aromatic carbocycles. The Morgan fingerprint density at radius 1 is 1.55 bits per heavy atom. The molecule has 0 aliphatic rings. The molecule has 0 radical (unpaired) electrons. The number of esters is 2. The maximum absolute atomic E-state index is 10.7. The van der Waals surface area contributed by atoms with E-state index in [1.165, 1.54) is 0 Å². The quantitative estimate of drug-likeness (QED) is 0.347. The minimum atomic E-state index is -0.808. The molecule has 0 aliphatic carbocycles. The van der Waals surface area contributed by atoms with E-state index in [1.807, 2.05) is 0 Å². The highest BCUT2D eigenvalue weighted by molar-refractivity contribution is 5.99. The van der Waals surface area contributed by atoms with Crippen molar-refractivity contribution in [2.75, 3.05) is 6.54 Å². The van der Waals surface area contributed by atoms with Crippen LogP contribution in [0.2, 0.25) is 0 Å². The Labute approximate surface area is 64.3 Å². The van der Waals surface area contributed by atoms with E-state index >= 15 is 0 Å². The van der Waals surface area contributed by atoms with Crippen molar-refractivity contribution < 1.29 is 14.3 Å². The predicted octanol–water partition coefficient (Wildman–Crippen LogP) is -0.243. The average Bonchev–Trinajstić information content (AvgIpc) is 2.02. The van der Waals surface area contributed by atoms with Crippen LogP contribution >= 0.6 is 0 Å². The van der Waals surface area contributed by atoms with Gasteiger partial charge >= 0.3 is 11.9 Å². The molecule has 0 aromatic heterocycles. The second kappa shape index (κ2) is 4.40. The van der Waals surface area contributed by atoms with Crippen LogP contribution in [0.25, 0.3) is 0 Å². The number of carbonyl (C=O) groups excluding carboxylic acids is 2. The molecule has 0 aliphatic heterocycles. The fraction of sp³-hybridized carbons (Fsp3) is 0.143. The van der Waals surface area contributed by atoms with Gasteiger partial charge in [-0.3, -0.25) is 0 Å². The van der Waals surface area contributed by atoms with Gasteiger partial charge in [0.25, 0.3) is 0 Å². The van der Waals surface area contributed by atoms with Gasteiger partial charge in [0.05, 0.1) is 0 Å². The van der Waals surface area contributed by atoms with Crippen LogP contribution in [-0.4, -0.2) is 18.5 Å². The van der Waals surface area contributed by atoms with Gasteiger partial charge in [-0.05, 0) is 0 Å². The third kappa shape index (κ3) is 3.32. The molecule has 4 nitrogen and oxygen atoms in total. The van der Waals surface area contributed by atoms with Crippen LogP contribution in [-0.2, 0) is 14.3 Å². The zero-order valence-electron chi connectivity index (χ0n) is 6.00. The van der Waals surface area contributed by atoms with Crippen LogP contribution in [0, 0.1) is 0 Å². The van der Waals surface area contributed by atoms with Crippen molar-refractivity contribution >= 4 is 11.9 Å². The van der Waals surface area contributed by atoms with Crippen LogP contribution in [0.1, 0.15) is 0 Å². The molecule has 0 fully saturated rings. The lowest BCUT2D eigenvalue weighted by atomic mass is 10.3. The summed E-state index contributed by atoms with van der Waals surface area (Å²) in [5.74, 6) is -1.61. The first kappa shape index (κ1) is 9.58. The van der Waals surface area contributed by atoms with E-state index in [9.17, 15) is 9.59 Å². The van der Waals surface area contributed by atoms with E-state index in [-0.39, 0.29) is 12.1 Å². The van der Waals surface area contributed by atoms with Gasteiger partial charge in [-0.1, -0.05) is 13.2 Å². The molecule has 60 valence electrons. The molecule has 2 N–H and O–H groups in total. The van der Waals surface area contributed by atoms with Crippen molar-refractivity contribution in [2.24, 2.45) is 5.73 Å². The summed E-state index contributed by atoms with van der Waals surface area (Å²) in [7, 11) is 0. The van der Waals surface area contributed by atoms with Crippen molar-refractivity contribution in [3.05, 3.63) is 24.8 Å². The third-order valence-electron chi connectivity index (χ3n) is 0.895. The summed E-state index contributed by atoms with van der Waals surface area (Å²) in [5, 5.41) is 0. The summed E-state index contributed by atoms with van der Waals surface area (Å²) in [4.78, 5) is 21.1. The van der Waals surface area contributed by atoms with Gasteiger partial charge in [-0.15, -0.1) is 0 Å². The Morgan fingerprint density at radius 2 is 2.09 bits per heavy atom. The number of hydrogen-bond donors (Lipinski definition) is 1. The SMILES string of the molecule is C=CC(=O)OC(=O)C(=C)CN. The van der Waals surface area contributed by atoms with E-state index in [0.717, 1.165) is 6.08 Å². The average molecular weight is 155 g/mol. The van der Waals surface area contributed by atoms with Crippen LogP contribution in [0.15, 0.2) is 24.8 Å². The Balaban J connectivity index is 3.97. The van der Waals surface area contributed by atoms with Crippen LogP contribution in [0.5, 0.6) is 0 Å². The minimum Gasteiger partial charge on any atom is -0.386 e. The first-order valence-electron chi connectivity index (χ1n) is 2.88. The second-order valence-corrected chi connectivity index (χ2v) is 1.72. The number of rotatable bonds is 3. The van der Waals surface area contributed by atoms with Gasteiger partial charge in [-0.25, -0.2) is 9.59 Å². The van der Waals surface area contributed by atoms with Crippen LogP contribution < -0.4 is 5.73 Å². The summed E-state index contributed by atoms with van der Waals surface area (Å²) in [6, 6.07) is 0. The third-order valence-corrected chi connectivity index (χ3v) is 0.895. The van der Waals surface area contributed by atoms with Crippen molar-refractivity contribution in [3.8, 4) is 0 Å². The molecule has 0 spiro atoms. The van der Waals surface area contributed by atoms with Crippen molar-refractivity contribution in [1.82, 2.24) is 0 Å². The molecular weight excluding hydrogens is 146 g/mol. The Hall–Kier alpha value is -1.42. The van der Waals surface area contributed by atoms with Gasteiger partial charge < -0.3 is 10.5 Å². The van der Waals surface area contributed by atoms with E-state index in [1.54, 1.807) is 0 Å². The van der Waals surface area contributed by atoms with E-state index in [2.05, 4.69) is 17.9 Å². The highest BCUT2D eigenvalue weighted by atomic mass is 16.6. The van der Waals surface area contributed by atoms with Crippen LogP contribution in [0.4, 0.5) is 0 Å². The van der Waals surface area contributed by atoms with Gasteiger partial charge in [0.2, 0.25) is 0 Å². The standard InChI is InChI=1S/C7H9NO3/c1-3-6(9)11-7(10)5(2)4-8/h3H,1-2,4,8H2. The lowest BCUT2D eigenvalue weighted by molar-refractivity contribution is -0.153. The van der Waals surface area contributed by atoms with Gasteiger partial charge in [-0.2, -0.15) is 0 Å².